The number of para-hydroxylation sites is 1. The summed E-state index contributed by atoms with van der Waals surface area (Å²) in [7, 11) is 0. The highest BCUT2D eigenvalue weighted by molar-refractivity contribution is 7.80. The van der Waals surface area contributed by atoms with Crippen LogP contribution in [0.4, 0.5) is 0 Å². The number of halogens is 1. The molecular weight excluding hydrogens is 390 g/mol. The summed E-state index contributed by atoms with van der Waals surface area (Å²) in [5.74, 6) is 0.0762. The number of aromatic nitrogens is 1. The molecule has 1 aliphatic rings. The van der Waals surface area contributed by atoms with Crippen LogP contribution in [0.25, 0.3) is 10.9 Å². The Morgan fingerprint density at radius 2 is 1.96 bits per heavy atom. The summed E-state index contributed by atoms with van der Waals surface area (Å²) >= 11 is 12.0. The number of aromatic amines is 1. The number of ether oxygens (including phenoxy) is 1. The number of benzene rings is 2. The van der Waals surface area contributed by atoms with Crippen molar-refractivity contribution in [1.29, 1.82) is 0 Å². The number of rotatable bonds is 6. The highest BCUT2D eigenvalue weighted by Gasteiger charge is 2.21. The molecule has 0 bridgehead atoms. The molecule has 0 spiro atoms. The molecule has 3 aromatic rings. The van der Waals surface area contributed by atoms with Crippen molar-refractivity contribution in [3.63, 3.8) is 0 Å². The Morgan fingerprint density at radius 3 is 2.79 bits per heavy atom. The summed E-state index contributed by atoms with van der Waals surface area (Å²) in [4.78, 5) is 3.37. The van der Waals surface area contributed by atoms with Gasteiger partial charge in [-0.3, -0.25) is 0 Å². The molecule has 4 nitrogen and oxygen atoms in total. The van der Waals surface area contributed by atoms with Crippen molar-refractivity contribution >= 4 is 39.8 Å². The van der Waals surface area contributed by atoms with Gasteiger partial charge in [-0.05, 0) is 48.3 Å². The number of hydrogen-bond acceptors (Lipinski definition) is 2. The third-order valence-corrected chi connectivity index (χ3v) is 5.89. The molecule has 1 aliphatic heterocycles. The van der Waals surface area contributed by atoms with E-state index in [0.717, 1.165) is 42.1 Å². The Labute approximate surface area is 175 Å². The fourth-order valence-corrected chi connectivity index (χ4v) is 4.23. The van der Waals surface area contributed by atoms with Crippen molar-refractivity contribution in [2.24, 2.45) is 0 Å². The van der Waals surface area contributed by atoms with E-state index in [-0.39, 0.29) is 12.0 Å². The predicted molar refractivity (Wildman–Crippen MR) is 119 cm³/mol. The maximum atomic E-state index is 6.55. The monoisotopic (exact) mass is 413 g/mol. The lowest BCUT2D eigenvalue weighted by molar-refractivity contribution is 0.114. The lowest BCUT2D eigenvalue weighted by Crippen LogP contribution is -2.41. The van der Waals surface area contributed by atoms with E-state index in [0.29, 0.717) is 11.7 Å². The van der Waals surface area contributed by atoms with Crippen molar-refractivity contribution in [1.82, 2.24) is 15.6 Å². The van der Waals surface area contributed by atoms with Gasteiger partial charge in [-0.25, -0.2) is 0 Å². The van der Waals surface area contributed by atoms with Gasteiger partial charge in [0.2, 0.25) is 0 Å². The number of nitrogens with one attached hydrogen (secondary N) is 3. The normalized spacial score (nSPS) is 17.5. The second-order valence-electron chi connectivity index (χ2n) is 7.09. The summed E-state index contributed by atoms with van der Waals surface area (Å²) in [5, 5.41) is 9.27. The third kappa shape index (κ3) is 4.32. The molecule has 146 valence electrons. The summed E-state index contributed by atoms with van der Waals surface area (Å²) in [6, 6.07) is 16.3. The maximum absolute atomic E-state index is 6.55. The first-order valence-electron chi connectivity index (χ1n) is 9.66. The van der Waals surface area contributed by atoms with E-state index in [1.807, 2.05) is 24.3 Å². The lowest BCUT2D eigenvalue weighted by atomic mass is 9.91. The first-order valence-corrected chi connectivity index (χ1v) is 10.4. The second-order valence-corrected chi connectivity index (χ2v) is 7.91. The average Bonchev–Trinajstić information content (AvgIpc) is 3.38. The number of hydrogen-bond donors (Lipinski definition) is 3. The molecule has 0 saturated carbocycles. The first-order chi connectivity index (χ1) is 13.7. The fraction of sp³-hybridized carbons (Fsp3) is 0.318. The first kappa shape index (κ1) is 19.2. The molecule has 6 heteroatoms. The van der Waals surface area contributed by atoms with Crippen LogP contribution < -0.4 is 10.6 Å². The van der Waals surface area contributed by atoms with Crippen LogP contribution in [0.15, 0.2) is 54.7 Å². The molecule has 0 unspecified atom stereocenters. The van der Waals surface area contributed by atoms with Crippen molar-refractivity contribution in [3.8, 4) is 0 Å². The van der Waals surface area contributed by atoms with Crippen LogP contribution in [0.1, 0.15) is 29.9 Å². The van der Waals surface area contributed by atoms with Gasteiger partial charge in [0, 0.05) is 47.7 Å². The van der Waals surface area contributed by atoms with Crippen LogP contribution in [0, 0.1) is 0 Å². The Balaban J connectivity index is 1.52. The summed E-state index contributed by atoms with van der Waals surface area (Å²) in [6.45, 7) is 2.25. The van der Waals surface area contributed by atoms with Gasteiger partial charge in [-0.15, -0.1) is 0 Å². The zero-order valence-corrected chi connectivity index (χ0v) is 17.2. The van der Waals surface area contributed by atoms with Crippen LogP contribution in [0.5, 0.6) is 0 Å². The Kier molecular flexibility index (Phi) is 6.15. The van der Waals surface area contributed by atoms with E-state index >= 15 is 0 Å². The predicted octanol–water partition coefficient (Wildman–Crippen LogP) is 4.60. The molecule has 1 saturated heterocycles. The number of thiocarbonyl (C=S) groups is 1. The fourth-order valence-electron chi connectivity index (χ4n) is 3.80. The van der Waals surface area contributed by atoms with Gasteiger partial charge in [-0.2, -0.15) is 0 Å². The van der Waals surface area contributed by atoms with Gasteiger partial charge < -0.3 is 20.4 Å². The summed E-state index contributed by atoms with van der Waals surface area (Å²) in [6.07, 6.45) is 4.55. The highest BCUT2D eigenvalue weighted by Crippen LogP contribution is 2.34. The van der Waals surface area contributed by atoms with E-state index in [1.54, 1.807) is 0 Å². The van der Waals surface area contributed by atoms with Crippen molar-refractivity contribution in [2.75, 3.05) is 19.7 Å². The van der Waals surface area contributed by atoms with Crippen LogP contribution >= 0.6 is 23.8 Å². The third-order valence-electron chi connectivity index (χ3n) is 5.26. The molecule has 28 heavy (non-hydrogen) atoms. The Bertz CT molecular complexity index is 952. The average molecular weight is 414 g/mol. The van der Waals surface area contributed by atoms with Crippen molar-refractivity contribution in [2.45, 2.75) is 24.9 Å². The van der Waals surface area contributed by atoms with Crippen LogP contribution in [-0.2, 0) is 4.74 Å². The zero-order chi connectivity index (χ0) is 19.3. The van der Waals surface area contributed by atoms with E-state index in [1.165, 1.54) is 10.9 Å². The summed E-state index contributed by atoms with van der Waals surface area (Å²) < 4.78 is 5.65. The molecule has 4 rings (SSSR count). The minimum Gasteiger partial charge on any atom is -0.376 e. The number of fused-ring (bicyclic) bond motifs is 1. The molecule has 2 aromatic carbocycles. The molecule has 0 radical (unpaired) electrons. The second kappa shape index (κ2) is 8.95. The number of H-pyrrole nitrogens is 1. The standard InChI is InChI=1S/C22H24ClN3OS/c23-20-9-3-1-7-16(20)18(19-13-24-21-10-4-2-8-17(19)21)14-26-22(28)25-12-15-6-5-11-27-15/h1-4,7-10,13,15,18,24H,5-6,11-12,14H2,(H2,25,26,28)/t15-,18-/m0/s1. The van der Waals surface area contributed by atoms with E-state index in [2.05, 4.69) is 46.1 Å². The molecule has 2 atom stereocenters. The van der Waals surface area contributed by atoms with Gasteiger partial charge >= 0.3 is 0 Å². The molecule has 1 aromatic heterocycles. The van der Waals surface area contributed by atoms with Crippen molar-refractivity contribution < 1.29 is 4.74 Å². The minimum atomic E-state index is 0.0762. The van der Waals surface area contributed by atoms with E-state index in [9.17, 15) is 0 Å². The van der Waals surface area contributed by atoms with Gasteiger partial charge in [0.25, 0.3) is 0 Å². The SMILES string of the molecule is S=C(NC[C@@H]1CCCO1)NC[C@@H](c1ccccc1Cl)c1c[nH]c2ccccc12. The van der Waals surface area contributed by atoms with E-state index < -0.39 is 0 Å². The van der Waals surface area contributed by atoms with Crippen LogP contribution in [-0.4, -0.2) is 35.9 Å². The molecule has 0 aliphatic carbocycles. The molecule has 0 amide bonds. The maximum Gasteiger partial charge on any atom is 0.166 e. The van der Waals surface area contributed by atoms with Gasteiger partial charge in [0.05, 0.1) is 6.10 Å². The van der Waals surface area contributed by atoms with Crippen molar-refractivity contribution in [3.05, 3.63) is 70.9 Å². The van der Waals surface area contributed by atoms with Crippen LogP contribution in [0.3, 0.4) is 0 Å². The Hall–Kier alpha value is -2.08. The molecule has 2 heterocycles. The van der Waals surface area contributed by atoms with E-state index in [4.69, 9.17) is 28.6 Å². The largest absolute Gasteiger partial charge is 0.376 e. The highest BCUT2D eigenvalue weighted by atomic mass is 35.5. The quantitative estimate of drug-likeness (QED) is 0.517. The zero-order valence-electron chi connectivity index (χ0n) is 15.6. The Morgan fingerprint density at radius 1 is 1.14 bits per heavy atom. The van der Waals surface area contributed by atoms with Gasteiger partial charge in [-0.1, -0.05) is 48.0 Å². The molecule has 3 N–H and O–H groups in total. The van der Waals surface area contributed by atoms with Crippen LogP contribution in [0.2, 0.25) is 5.02 Å². The topological polar surface area (TPSA) is 49.1 Å². The smallest absolute Gasteiger partial charge is 0.166 e. The lowest BCUT2D eigenvalue weighted by Gasteiger charge is -2.21. The minimum absolute atomic E-state index is 0.0762. The van der Waals surface area contributed by atoms with Gasteiger partial charge in [0.1, 0.15) is 0 Å². The summed E-state index contributed by atoms with van der Waals surface area (Å²) in [5.41, 5.74) is 3.41. The van der Waals surface area contributed by atoms with Gasteiger partial charge in [0.15, 0.2) is 5.11 Å². The molecule has 1 fully saturated rings. The molecular formula is C22H24ClN3OS.